The van der Waals surface area contributed by atoms with Crippen LogP contribution in [0, 0.1) is 5.82 Å². The minimum Gasteiger partial charge on any atom is -0.466 e. The highest BCUT2D eigenvalue weighted by Gasteiger charge is 2.43. The van der Waals surface area contributed by atoms with Gasteiger partial charge < -0.3 is 14.8 Å². The van der Waals surface area contributed by atoms with Gasteiger partial charge in [-0.25, -0.2) is 18.4 Å². The van der Waals surface area contributed by atoms with E-state index in [0.29, 0.717) is 11.4 Å². The summed E-state index contributed by atoms with van der Waals surface area (Å²) in [5, 5.41) is 2.96. The molecule has 0 saturated carbocycles. The molecule has 1 aromatic rings. The van der Waals surface area contributed by atoms with E-state index in [1.54, 1.807) is 6.92 Å². The summed E-state index contributed by atoms with van der Waals surface area (Å²) < 4.78 is 38.3. The molecule has 0 amide bonds. The van der Waals surface area contributed by atoms with Crippen LogP contribution in [0.15, 0.2) is 40.7 Å². The lowest BCUT2D eigenvalue weighted by Gasteiger charge is -2.29. The molecule has 0 fully saturated rings. The van der Waals surface area contributed by atoms with E-state index >= 15 is 0 Å². The predicted octanol–water partition coefficient (Wildman–Crippen LogP) is 2.80. The second kappa shape index (κ2) is 6.31. The van der Waals surface area contributed by atoms with Crippen LogP contribution < -0.4 is 5.32 Å². The molecule has 1 aromatic carbocycles. The van der Waals surface area contributed by atoms with E-state index in [2.05, 4.69) is 5.32 Å². The molecule has 0 aliphatic carbocycles. The number of carbonyl (C=O) groups excluding carboxylic acids is 2. The summed E-state index contributed by atoms with van der Waals surface area (Å²) >= 11 is 0. The number of ether oxygens (including phenoxy) is 2. The van der Waals surface area contributed by atoms with Crippen molar-refractivity contribution in [3.8, 4) is 0 Å². The minimum atomic E-state index is -1.62. The second-order valence-electron chi connectivity index (χ2n) is 5.92. The van der Waals surface area contributed by atoms with Gasteiger partial charge in [-0.1, -0.05) is 12.1 Å². The second-order valence-corrected chi connectivity index (χ2v) is 5.92. The van der Waals surface area contributed by atoms with Crippen molar-refractivity contribution in [1.82, 2.24) is 5.32 Å². The Morgan fingerprint density at radius 2 is 2.16 bits per heavy atom. The van der Waals surface area contributed by atoms with Gasteiger partial charge in [0.1, 0.15) is 18.6 Å². The smallest absolute Gasteiger partial charge is 0.337 e. The van der Waals surface area contributed by atoms with E-state index < -0.39 is 29.8 Å². The zero-order chi connectivity index (χ0) is 18.3. The minimum absolute atomic E-state index is 0.0201. The Kier molecular flexibility index (Phi) is 4.32. The summed E-state index contributed by atoms with van der Waals surface area (Å²) in [4.78, 5) is 24.6. The van der Waals surface area contributed by atoms with Gasteiger partial charge in [0.25, 0.3) is 0 Å². The monoisotopic (exact) mass is 349 g/mol. The Morgan fingerprint density at radius 3 is 2.80 bits per heavy atom. The first-order valence-electron chi connectivity index (χ1n) is 7.75. The van der Waals surface area contributed by atoms with Gasteiger partial charge in [-0.15, -0.1) is 0 Å². The fourth-order valence-electron chi connectivity index (χ4n) is 3.38. The lowest BCUT2D eigenvalue weighted by atomic mass is 9.78. The summed E-state index contributed by atoms with van der Waals surface area (Å²) in [5.41, 5.74) is 1.28. The molecule has 2 heterocycles. The Labute approximate surface area is 143 Å². The maximum atomic E-state index is 14.3. The Morgan fingerprint density at radius 1 is 1.44 bits per heavy atom. The van der Waals surface area contributed by atoms with Crippen molar-refractivity contribution in [2.24, 2.45) is 0 Å². The van der Waals surface area contributed by atoms with Gasteiger partial charge in [-0.3, -0.25) is 0 Å². The summed E-state index contributed by atoms with van der Waals surface area (Å²) in [6, 6.07) is 4.08. The van der Waals surface area contributed by atoms with Crippen molar-refractivity contribution in [2.45, 2.75) is 25.9 Å². The van der Waals surface area contributed by atoms with Crippen LogP contribution in [-0.4, -0.2) is 25.7 Å². The van der Waals surface area contributed by atoms with Crippen LogP contribution in [-0.2, 0) is 19.1 Å². The molecule has 1 N–H and O–H groups in total. The van der Waals surface area contributed by atoms with Crippen LogP contribution in [0.3, 0.4) is 0 Å². The Bertz CT molecular complexity index is 826. The van der Waals surface area contributed by atoms with E-state index in [1.165, 1.54) is 26.2 Å². The van der Waals surface area contributed by atoms with Crippen molar-refractivity contribution in [1.29, 1.82) is 0 Å². The molecule has 5 nitrogen and oxygen atoms in total. The summed E-state index contributed by atoms with van der Waals surface area (Å²) in [5.74, 6) is -2.99. The van der Waals surface area contributed by atoms with E-state index in [9.17, 15) is 18.4 Å². The zero-order valence-electron chi connectivity index (χ0n) is 14.0. The SMILES string of the molecule is COC(=O)C1=C(C)NC2=C(C(=O)OC2)[C@H]1c1cccc(F)c1C(C)F. The van der Waals surface area contributed by atoms with E-state index in [1.807, 2.05) is 0 Å². The highest BCUT2D eigenvalue weighted by atomic mass is 19.1. The van der Waals surface area contributed by atoms with Crippen LogP contribution in [0.1, 0.15) is 37.1 Å². The van der Waals surface area contributed by atoms with Crippen molar-refractivity contribution in [3.05, 3.63) is 57.7 Å². The number of hydrogen-bond acceptors (Lipinski definition) is 5. The van der Waals surface area contributed by atoms with Crippen LogP contribution >= 0.6 is 0 Å². The molecular weight excluding hydrogens is 332 g/mol. The molecule has 2 aliphatic rings. The van der Waals surface area contributed by atoms with Crippen molar-refractivity contribution in [2.75, 3.05) is 13.7 Å². The van der Waals surface area contributed by atoms with E-state index in [-0.39, 0.29) is 28.9 Å². The normalized spacial score (nSPS) is 20.8. The molecule has 0 radical (unpaired) electrons. The molecule has 0 saturated heterocycles. The molecule has 2 atom stereocenters. The number of benzene rings is 1. The molecule has 7 heteroatoms. The first-order valence-corrected chi connectivity index (χ1v) is 7.75. The van der Waals surface area contributed by atoms with Crippen molar-refractivity contribution < 1.29 is 27.8 Å². The fraction of sp³-hybridized carbons (Fsp3) is 0.333. The molecule has 0 aromatic heterocycles. The molecule has 1 unspecified atom stereocenters. The third kappa shape index (κ3) is 2.69. The lowest BCUT2D eigenvalue weighted by Crippen LogP contribution is -2.30. The number of carbonyl (C=O) groups is 2. The van der Waals surface area contributed by atoms with Gasteiger partial charge in [-0.2, -0.15) is 0 Å². The van der Waals surface area contributed by atoms with Gasteiger partial charge in [0.2, 0.25) is 0 Å². The average Bonchev–Trinajstić information content (AvgIpc) is 2.93. The van der Waals surface area contributed by atoms with E-state index in [4.69, 9.17) is 9.47 Å². The van der Waals surface area contributed by atoms with E-state index in [0.717, 1.165) is 6.07 Å². The van der Waals surface area contributed by atoms with Crippen LogP contribution in [0.5, 0.6) is 0 Å². The lowest BCUT2D eigenvalue weighted by molar-refractivity contribution is -0.136. The molecule has 132 valence electrons. The molecule has 3 rings (SSSR count). The summed E-state index contributed by atoms with van der Waals surface area (Å²) in [6.45, 7) is 2.87. The molecular formula is C18H17F2NO4. The Balaban J connectivity index is 2.28. The number of esters is 2. The van der Waals surface area contributed by atoms with Gasteiger partial charge in [0.05, 0.1) is 29.9 Å². The predicted molar refractivity (Wildman–Crippen MR) is 84.5 cm³/mol. The number of methoxy groups -OCH3 is 1. The number of rotatable bonds is 3. The number of alkyl halides is 1. The van der Waals surface area contributed by atoms with Gasteiger partial charge in [-0.05, 0) is 25.5 Å². The fourth-order valence-corrected chi connectivity index (χ4v) is 3.38. The maximum absolute atomic E-state index is 14.3. The average molecular weight is 349 g/mol. The number of halogens is 2. The highest BCUT2D eigenvalue weighted by Crippen LogP contribution is 2.44. The standard InChI is InChI=1S/C18H17F2NO4/c1-8(19)13-10(5-4-6-11(13)20)15-14(17(22)24-3)9(2)21-12-7-25-18(23)16(12)15/h4-6,8,15,21H,7H2,1-3H3/t8?,15-/m0/s1. The van der Waals surface area contributed by atoms with Gasteiger partial charge >= 0.3 is 11.9 Å². The first kappa shape index (κ1) is 17.1. The first-order chi connectivity index (χ1) is 11.9. The largest absolute Gasteiger partial charge is 0.466 e. The number of cyclic esters (lactones) is 1. The van der Waals surface area contributed by atoms with Gasteiger partial charge in [0.15, 0.2) is 0 Å². The highest BCUT2D eigenvalue weighted by molar-refractivity contribution is 6.01. The molecule has 0 bridgehead atoms. The summed E-state index contributed by atoms with van der Waals surface area (Å²) in [7, 11) is 1.21. The van der Waals surface area contributed by atoms with Crippen LogP contribution in [0.25, 0.3) is 0 Å². The molecule has 25 heavy (non-hydrogen) atoms. The third-order valence-electron chi connectivity index (χ3n) is 4.41. The number of nitrogens with one attached hydrogen (secondary N) is 1. The zero-order valence-corrected chi connectivity index (χ0v) is 14.0. The number of allylic oxidation sites excluding steroid dienone is 1. The van der Waals surface area contributed by atoms with Crippen molar-refractivity contribution >= 4 is 11.9 Å². The molecule has 0 spiro atoms. The summed E-state index contributed by atoms with van der Waals surface area (Å²) in [6.07, 6.45) is -1.62. The maximum Gasteiger partial charge on any atom is 0.337 e. The van der Waals surface area contributed by atoms with Crippen LogP contribution in [0.2, 0.25) is 0 Å². The molecule has 2 aliphatic heterocycles. The number of hydrogen-bond donors (Lipinski definition) is 1. The topological polar surface area (TPSA) is 64.6 Å². The quantitative estimate of drug-likeness (QED) is 0.850. The van der Waals surface area contributed by atoms with Crippen molar-refractivity contribution in [3.63, 3.8) is 0 Å². The Hall–Kier alpha value is -2.70. The number of dihydropyridines is 1. The van der Waals surface area contributed by atoms with Crippen LogP contribution in [0.4, 0.5) is 8.78 Å². The third-order valence-corrected chi connectivity index (χ3v) is 4.41. The van der Waals surface area contributed by atoms with Gasteiger partial charge in [0, 0.05) is 11.3 Å².